The second kappa shape index (κ2) is 6.37. The van der Waals surface area contributed by atoms with Crippen LogP contribution in [0.3, 0.4) is 0 Å². The van der Waals surface area contributed by atoms with Gasteiger partial charge in [-0.05, 0) is 30.5 Å². The second-order valence-electron chi connectivity index (χ2n) is 5.73. The molecule has 0 atom stereocenters. The molecule has 2 aromatic rings. The van der Waals surface area contributed by atoms with Crippen LogP contribution in [-0.4, -0.2) is 36.0 Å². The SMILES string of the molecule is Cc1nc(C2CCN(S(=O)(=O)Cc3cccc(F)c3)CC2)no1. The van der Waals surface area contributed by atoms with Crippen LogP contribution in [0.2, 0.25) is 0 Å². The molecule has 1 aliphatic heterocycles. The fourth-order valence-corrected chi connectivity index (χ4v) is 4.35. The van der Waals surface area contributed by atoms with Gasteiger partial charge in [0.1, 0.15) is 5.82 Å². The summed E-state index contributed by atoms with van der Waals surface area (Å²) in [6, 6.07) is 5.70. The molecule has 0 amide bonds. The Morgan fingerprint density at radius 3 is 2.70 bits per heavy atom. The molecule has 0 unspecified atom stereocenters. The molecule has 124 valence electrons. The minimum atomic E-state index is -3.45. The third kappa shape index (κ3) is 3.76. The standard InChI is InChI=1S/C15H18FN3O3S/c1-11-17-15(18-22-11)13-5-7-19(8-6-13)23(20,21)10-12-3-2-4-14(16)9-12/h2-4,9,13H,5-8,10H2,1H3. The molecular weight excluding hydrogens is 321 g/mol. The van der Waals surface area contributed by atoms with E-state index in [1.54, 1.807) is 13.0 Å². The van der Waals surface area contributed by atoms with Crippen molar-refractivity contribution < 1.29 is 17.3 Å². The third-order valence-corrected chi connectivity index (χ3v) is 5.84. The van der Waals surface area contributed by atoms with Gasteiger partial charge in [-0.3, -0.25) is 0 Å². The molecule has 1 aromatic heterocycles. The number of piperidine rings is 1. The first-order valence-corrected chi connectivity index (χ1v) is 9.07. The highest BCUT2D eigenvalue weighted by Gasteiger charge is 2.30. The fraction of sp³-hybridized carbons (Fsp3) is 0.467. The first-order valence-electron chi connectivity index (χ1n) is 7.46. The molecule has 0 N–H and O–H groups in total. The van der Waals surface area contributed by atoms with Crippen LogP contribution in [0.25, 0.3) is 0 Å². The van der Waals surface area contributed by atoms with Gasteiger partial charge in [0.05, 0.1) is 5.75 Å². The molecule has 1 aliphatic rings. The molecular formula is C15H18FN3O3S. The van der Waals surface area contributed by atoms with Crippen LogP contribution in [0.1, 0.15) is 36.0 Å². The molecule has 6 nitrogen and oxygen atoms in total. The van der Waals surface area contributed by atoms with Gasteiger partial charge in [0.15, 0.2) is 5.82 Å². The summed E-state index contributed by atoms with van der Waals surface area (Å²) >= 11 is 0. The molecule has 1 fully saturated rings. The molecule has 2 heterocycles. The zero-order chi connectivity index (χ0) is 16.4. The molecule has 0 spiro atoms. The monoisotopic (exact) mass is 339 g/mol. The van der Waals surface area contributed by atoms with Gasteiger partial charge < -0.3 is 4.52 Å². The predicted molar refractivity (Wildman–Crippen MR) is 81.6 cm³/mol. The van der Waals surface area contributed by atoms with E-state index in [2.05, 4.69) is 10.1 Å². The Labute approximate surface area is 134 Å². The number of hydrogen-bond donors (Lipinski definition) is 0. The van der Waals surface area contributed by atoms with Crippen molar-refractivity contribution in [3.8, 4) is 0 Å². The van der Waals surface area contributed by atoms with Crippen LogP contribution in [-0.2, 0) is 15.8 Å². The molecule has 1 aromatic carbocycles. The molecule has 0 radical (unpaired) electrons. The van der Waals surface area contributed by atoms with Crippen LogP contribution >= 0.6 is 0 Å². The number of benzene rings is 1. The Morgan fingerprint density at radius 1 is 1.35 bits per heavy atom. The number of sulfonamides is 1. The highest BCUT2D eigenvalue weighted by molar-refractivity contribution is 7.88. The Morgan fingerprint density at radius 2 is 2.09 bits per heavy atom. The van der Waals surface area contributed by atoms with Gasteiger partial charge in [-0.25, -0.2) is 17.1 Å². The summed E-state index contributed by atoms with van der Waals surface area (Å²) < 4.78 is 44.6. The van der Waals surface area contributed by atoms with Gasteiger partial charge in [-0.2, -0.15) is 4.98 Å². The average Bonchev–Trinajstić information content (AvgIpc) is 2.93. The fourth-order valence-electron chi connectivity index (χ4n) is 2.80. The summed E-state index contributed by atoms with van der Waals surface area (Å²) in [5, 5.41) is 3.91. The lowest BCUT2D eigenvalue weighted by molar-refractivity contribution is 0.305. The number of halogens is 1. The van der Waals surface area contributed by atoms with Crippen molar-refractivity contribution in [1.29, 1.82) is 0 Å². The van der Waals surface area contributed by atoms with Gasteiger partial charge in [0.25, 0.3) is 0 Å². The van der Waals surface area contributed by atoms with E-state index in [9.17, 15) is 12.8 Å². The van der Waals surface area contributed by atoms with E-state index in [4.69, 9.17) is 4.52 Å². The normalized spacial score (nSPS) is 17.5. The molecule has 8 heteroatoms. The molecule has 3 rings (SSSR count). The van der Waals surface area contributed by atoms with Crippen LogP contribution in [0.5, 0.6) is 0 Å². The summed E-state index contributed by atoms with van der Waals surface area (Å²) in [6.07, 6.45) is 1.31. The Kier molecular flexibility index (Phi) is 4.45. The van der Waals surface area contributed by atoms with Crippen molar-refractivity contribution in [2.45, 2.75) is 31.4 Å². The number of rotatable bonds is 4. The number of nitrogens with zero attached hydrogens (tertiary/aromatic N) is 3. The van der Waals surface area contributed by atoms with E-state index in [1.165, 1.54) is 22.5 Å². The Hall–Kier alpha value is -1.80. The molecule has 1 saturated heterocycles. The average molecular weight is 339 g/mol. The number of aromatic nitrogens is 2. The lowest BCUT2D eigenvalue weighted by Crippen LogP contribution is -2.38. The van der Waals surface area contributed by atoms with Gasteiger partial charge in [0.2, 0.25) is 15.9 Å². The first-order chi connectivity index (χ1) is 10.9. The summed E-state index contributed by atoms with van der Waals surface area (Å²) in [5.74, 6) is 0.666. The van der Waals surface area contributed by atoms with Crippen molar-refractivity contribution in [2.75, 3.05) is 13.1 Å². The smallest absolute Gasteiger partial charge is 0.223 e. The first kappa shape index (κ1) is 16.1. The topological polar surface area (TPSA) is 76.3 Å². The quantitative estimate of drug-likeness (QED) is 0.854. The summed E-state index contributed by atoms with van der Waals surface area (Å²) in [4.78, 5) is 4.21. The molecule has 0 aliphatic carbocycles. The van der Waals surface area contributed by atoms with Crippen LogP contribution in [0.15, 0.2) is 28.8 Å². The van der Waals surface area contributed by atoms with Gasteiger partial charge >= 0.3 is 0 Å². The van der Waals surface area contributed by atoms with Gasteiger partial charge in [-0.1, -0.05) is 17.3 Å². The molecule has 0 saturated carbocycles. The molecule has 0 bridgehead atoms. The van der Waals surface area contributed by atoms with E-state index in [0.717, 1.165) is 0 Å². The van der Waals surface area contributed by atoms with Crippen molar-refractivity contribution in [3.05, 3.63) is 47.4 Å². The van der Waals surface area contributed by atoms with Crippen molar-refractivity contribution in [1.82, 2.24) is 14.4 Å². The van der Waals surface area contributed by atoms with E-state index >= 15 is 0 Å². The Bertz CT molecular complexity index is 783. The molecule has 23 heavy (non-hydrogen) atoms. The van der Waals surface area contributed by atoms with Crippen LogP contribution in [0.4, 0.5) is 4.39 Å². The van der Waals surface area contributed by atoms with Crippen molar-refractivity contribution in [3.63, 3.8) is 0 Å². The van der Waals surface area contributed by atoms with Gasteiger partial charge in [0, 0.05) is 25.9 Å². The maximum Gasteiger partial charge on any atom is 0.223 e. The summed E-state index contributed by atoms with van der Waals surface area (Å²) in [7, 11) is -3.45. The maximum absolute atomic E-state index is 13.2. The minimum absolute atomic E-state index is 0.119. The number of aryl methyl sites for hydroxylation is 1. The van der Waals surface area contributed by atoms with Crippen molar-refractivity contribution >= 4 is 10.0 Å². The zero-order valence-electron chi connectivity index (χ0n) is 12.8. The summed E-state index contributed by atoms with van der Waals surface area (Å²) in [6.45, 7) is 2.56. The van der Waals surface area contributed by atoms with E-state index in [-0.39, 0.29) is 11.7 Å². The zero-order valence-corrected chi connectivity index (χ0v) is 13.6. The number of hydrogen-bond acceptors (Lipinski definition) is 5. The third-order valence-electron chi connectivity index (χ3n) is 3.99. The highest BCUT2D eigenvalue weighted by atomic mass is 32.2. The second-order valence-corrected chi connectivity index (χ2v) is 7.70. The van der Waals surface area contributed by atoms with Crippen LogP contribution in [0, 0.1) is 12.7 Å². The predicted octanol–water partition coefficient (Wildman–Crippen LogP) is 2.23. The largest absolute Gasteiger partial charge is 0.340 e. The maximum atomic E-state index is 13.2. The highest BCUT2D eigenvalue weighted by Crippen LogP contribution is 2.28. The summed E-state index contributed by atoms with van der Waals surface area (Å²) in [5.41, 5.74) is 0.459. The van der Waals surface area contributed by atoms with E-state index in [1.807, 2.05) is 0 Å². The van der Waals surface area contributed by atoms with Crippen molar-refractivity contribution in [2.24, 2.45) is 0 Å². The Balaban J connectivity index is 1.64. The minimum Gasteiger partial charge on any atom is -0.340 e. The van der Waals surface area contributed by atoms with E-state index < -0.39 is 15.8 Å². The lowest BCUT2D eigenvalue weighted by atomic mass is 9.98. The van der Waals surface area contributed by atoms with E-state index in [0.29, 0.717) is 43.2 Å². The van der Waals surface area contributed by atoms with Crippen LogP contribution < -0.4 is 0 Å². The lowest BCUT2D eigenvalue weighted by Gasteiger charge is -2.29. The van der Waals surface area contributed by atoms with Gasteiger partial charge in [-0.15, -0.1) is 0 Å².